The maximum absolute atomic E-state index is 9.39. The smallest absolute Gasteiger partial charge is 0.0795 e. The number of β-amino-alcohol motifs (C(OH)–C–C–N with tert-alkyl or cyclic N) is 1. The molecule has 1 N–H and O–H groups in total. The molecule has 1 aromatic rings. The summed E-state index contributed by atoms with van der Waals surface area (Å²) in [7, 11) is 0. The molecule has 0 saturated carbocycles. The van der Waals surface area contributed by atoms with Gasteiger partial charge in [-0.1, -0.05) is 0 Å². The Bertz CT molecular complexity index is 250. The highest BCUT2D eigenvalue weighted by molar-refractivity contribution is 7.07. The summed E-state index contributed by atoms with van der Waals surface area (Å²) < 4.78 is 0. The molecular weight excluding hydrogens is 184 g/mol. The van der Waals surface area contributed by atoms with Crippen molar-refractivity contribution in [1.29, 1.82) is 0 Å². The minimum atomic E-state index is -0.257. The molecule has 1 radical (unpaired) electrons. The summed E-state index contributed by atoms with van der Waals surface area (Å²) in [5.74, 6) is 0. The predicted molar refractivity (Wildman–Crippen MR) is 52.3 cm³/mol. The van der Waals surface area contributed by atoms with Gasteiger partial charge in [-0.3, -0.25) is 4.90 Å². The molecule has 0 spiro atoms. The highest BCUT2D eigenvalue weighted by atomic mass is 32.1. The Balaban J connectivity index is 1.87. The molecule has 71 valence electrons. The van der Waals surface area contributed by atoms with Crippen molar-refractivity contribution in [1.82, 2.24) is 9.88 Å². The fraction of sp³-hybridized carbons (Fsp3) is 0.556. The van der Waals surface area contributed by atoms with Gasteiger partial charge in [-0.15, -0.1) is 11.3 Å². The Labute approximate surface area is 82.0 Å². The number of piperidine rings is 1. The molecule has 0 bridgehead atoms. The van der Waals surface area contributed by atoms with Crippen LogP contribution in [0.5, 0.6) is 0 Å². The second-order valence-electron chi connectivity index (χ2n) is 3.31. The lowest BCUT2D eigenvalue weighted by molar-refractivity contribution is 0.103. The number of aliphatic hydroxyl groups excluding tert-OH is 1. The number of likely N-dealkylation sites (tertiary alicyclic amines) is 1. The van der Waals surface area contributed by atoms with E-state index in [0.29, 0.717) is 0 Å². The minimum absolute atomic E-state index is 0.257. The number of aliphatic hydroxyl groups is 1. The Morgan fingerprint density at radius 1 is 1.69 bits per heavy atom. The third kappa shape index (κ3) is 2.49. The Morgan fingerprint density at radius 3 is 3.31 bits per heavy atom. The third-order valence-electron chi connectivity index (χ3n) is 2.20. The zero-order chi connectivity index (χ0) is 9.10. The SMILES string of the molecule is OC1[CH]CCN(Cc2cscn2)C1. The van der Waals surface area contributed by atoms with Gasteiger partial charge in [-0.05, 0) is 19.4 Å². The summed E-state index contributed by atoms with van der Waals surface area (Å²) in [6.07, 6.45) is 2.69. The van der Waals surface area contributed by atoms with E-state index in [-0.39, 0.29) is 6.10 Å². The van der Waals surface area contributed by atoms with E-state index in [0.717, 1.165) is 31.7 Å². The standard InChI is InChI=1S/C9H13N2OS/c12-9-2-1-3-11(5-9)4-8-6-13-7-10-8/h2,6-7,9,12H,1,3-5H2. The number of rotatable bonds is 2. The van der Waals surface area contributed by atoms with E-state index in [1.807, 2.05) is 11.9 Å². The summed E-state index contributed by atoms with van der Waals surface area (Å²) in [5, 5.41) is 11.5. The van der Waals surface area contributed by atoms with Gasteiger partial charge in [0.25, 0.3) is 0 Å². The van der Waals surface area contributed by atoms with Crippen molar-refractivity contribution >= 4 is 11.3 Å². The van der Waals surface area contributed by atoms with Crippen molar-refractivity contribution < 1.29 is 5.11 Å². The van der Waals surface area contributed by atoms with Crippen molar-refractivity contribution in [3.8, 4) is 0 Å². The topological polar surface area (TPSA) is 36.4 Å². The van der Waals surface area contributed by atoms with Crippen LogP contribution in [0.2, 0.25) is 0 Å². The van der Waals surface area contributed by atoms with Crippen LogP contribution in [0.4, 0.5) is 0 Å². The predicted octanol–water partition coefficient (Wildman–Crippen LogP) is 0.914. The quantitative estimate of drug-likeness (QED) is 0.765. The van der Waals surface area contributed by atoms with Gasteiger partial charge < -0.3 is 5.11 Å². The van der Waals surface area contributed by atoms with E-state index in [1.54, 1.807) is 11.3 Å². The van der Waals surface area contributed by atoms with Crippen molar-refractivity contribution in [2.24, 2.45) is 0 Å². The molecule has 0 aliphatic carbocycles. The van der Waals surface area contributed by atoms with E-state index in [9.17, 15) is 5.11 Å². The lowest BCUT2D eigenvalue weighted by Crippen LogP contribution is -2.38. The Hall–Kier alpha value is -0.450. The second kappa shape index (κ2) is 4.17. The molecule has 0 amide bonds. The summed E-state index contributed by atoms with van der Waals surface area (Å²) in [4.78, 5) is 6.46. The molecule has 1 aliphatic heterocycles. The first-order chi connectivity index (χ1) is 6.34. The minimum Gasteiger partial charge on any atom is -0.391 e. The largest absolute Gasteiger partial charge is 0.391 e. The first kappa shape index (κ1) is 9.12. The third-order valence-corrected chi connectivity index (χ3v) is 2.83. The van der Waals surface area contributed by atoms with Gasteiger partial charge in [0, 0.05) is 18.5 Å². The number of hydrogen-bond donors (Lipinski definition) is 1. The van der Waals surface area contributed by atoms with Gasteiger partial charge in [0.1, 0.15) is 0 Å². The van der Waals surface area contributed by atoms with Crippen LogP contribution in [0.15, 0.2) is 10.9 Å². The fourth-order valence-corrected chi connectivity index (χ4v) is 2.12. The molecule has 2 rings (SSSR count). The van der Waals surface area contributed by atoms with E-state index in [2.05, 4.69) is 15.3 Å². The molecule has 1 saturated heterocycles. The number of nitrogens with zero attached hydrogens (tertiary/aromatic N) is 2. The molecule has 1 unspecified atom stereocenters. The van der Waals surface area contributed by atoms with E-state index < -0.39 is 0 Å². The summed E-state index contributed by atoms with van der Waals surface area (Å²) in [5.41, 5.74) is 2.96. The summed E-state index contributed by atoms with van der Waals surface area (Å²) in [6, 6.07) is 0. The highest BCUT2D eigenvalue weighted by Crippen LogP contribution is 2.12. The molecule has 1 atom stereocenters. The van der Waals surface area contributed by atoms with E-state index >= 15 is 0 Å². The van der Waals surface area contributed by atoms with Crippen LogP contribution >= 0.6 is 11.3 Å². The van der Waals surface area contributed by atoms with Crippen LogP contribution < -0.4 is 0 Å². The van der Waals surface area contributed by atoms with Gasteiger partial charge in [0.05, 0.1) is 17.3 Å². The zero-order valence-electron chi connectivity index (χ0n) is 7.39. The van der Waals surface area contributed by atoms with Gasteiger partial charge in [0.2, 0.25) is 0 Å². The maximum atomic E-state index is 9.39. The van der Waals surface area contributed by atoms with Crippen molar-refractivity contribution in [2.45, 2.75) is 19.1 Å². The average molecular weight is 197 g/mol. The Kier molecular flexibility index (Phi) is 2.93. The first-order valence-electron chi connectivity index (χ1n) is 4.45. The lowest BCUT2D eigenvalue weighted by Gasteiger charge is -2.28. The first-order valence-corrected chi connectivity index (χ1v) is 5.39. The number of hydrogen-bond acceptors (Lipinski definition) is 4. The number of aromatic nitrogens is 1. The lowest BCUT2D eigenvalue weighted by atomic mass is 10.1. The Morgan fingerprint density at radius 2 is 2.62 bits per heavy atom. The molecule has 4 heteroatoms. The molecule has 1 fully saturated rings. The normalized spacial score (nSPS) is 24.8. The number of thiazole rings is 1. The maximum Gasteiger partial charge on any atom is 0.0795 e. The molecular formula is C9H13N2OS. The molecule has 3 nitrogen and oxygen atoms in total. The van der Waals surface area contributed by atoms with Gasteiger partial charge in [0.15, 0.2) is 0 Å². The zero-order valence-corrected chi connectivity index (χ0v) is 8.20. The second-order valence-corrected chi connectivity index (χ2v) is 4.03. The molecule has 0 aromatic carbocycles. The van der Waals surface area contributed by atoms with E-state index in [1.165, 1.54) is 0 Å². The van der Waals surface area contributed by atoms with Gasteiger partial charge in [-0.2, -0.15) is 0 Å². The molecule has 13 heavy (non-hydrogen) atoms. The summed E-state index contributed by atoms with van der Waals surface area (Å²) in [6.45, 7) is 2.65. The fourth-order valence-electron chi connectivity index (χ4n) is 1.57. The van der Waals surface area contributed by atoms with E-state index in [4.69, 9.17) is 0 Å². The molecule has 1 aromatic heterocycles. The van der Waals surface area contributed by atoms with Crippen LogP contribution in [0.1, 0.15) is 12.1 Å². The molecule has 1 aliphatic rings. The van der Waals surface area contributed by atoms with Gasteiger partial charge in [-0.25, -0.2) is 4.98 Å². The van der Waals surface area contributed by atoms with Crippen LogP contribution in [0.25, 0.3) is 0 Å². The van der Waals surface area contributed by atoms with Crippen LogP contribution in [0, 0.1) is 6.42 Å². The van der Waals surface area contributed by atoms with Crippen molar-refractivity contribution in [3.05, 3.63) is 23.0 Å². The van der Waals surface area contributed by atoms with Crippen LogP contribution in [-0.2, 0) is 6.54 Å². The highest BCUT2D eigenvalue weighted by Gasteiger charge is 2.17. The van der Waals surface area contributed by atoms with Crippen molar-refractivity contribution in [2.75, 3.05) is 13.1 Å². The van der Waals surface area contributed by atoms with Crippen molar-refractivity contribution in [3.63, 3.8) is 0 Å². The molecule has 2 heterocycles. The van der Waals surface area contributed by atoms with Crippen LogP contribution in [0.3, 0.4) is 0 Å². The summed E-state index contributed by atoms with van der Waals surface area (Å²) >= 11 is 1.62. The van der Waals surface area contributed by atoms with Gasteiger partial charge >= 0.3 is 0 Å². The average Bonchev–Trinajstić information content (AvgIpc) is 2.57. The monoisotopic (exact) mass is 197 g/mol. The van der Waals surface area contributed by atoms with Crippen LogP contribution in [-0.4, -0.2) is 34.2 Å².